The molecule has 0 saturated heterocycles. The molecule has 0 unspecified atom stereocenters. The Morgan fingerprint density at radius 2 is 2.16 bits per heavy atom. The molecule has 1 N–H and O–H groups in total. The predicted molar refractivity (Wildman–Crippen MR) is 69.7 cm³/mol. The first-order valence-corrected chi connectivity index (χ1v) is 5.53. The SMILES string of the molecule is CN(CC(=O)NBC#N)C(=O)c1ccccc1C=O. The highest BCUT2D eigenvalue weighted by molar-refractivity contribution is 6.45. The summed E-state index contributed by atoms with van der Waals surface area (Å²) in [5, 5.41) is 10.7. The molecule has 0 aromatic heterocycles. The lowest BCUT2D eigenvalue weighted by Crippen LogP contribution is -2.39. The average molecular weight is 257 g/mol. The Morgan fingerprint density at radius 3 is 2.79 bits per heavy atom. The summed E-state index contributed by atoms with van der Waals surface area (Å²) in [6, 6.07) is 6.35. The first kappa shape index (κ1) is 14.4. The quantitative estimate of drug-likeness (QED) is 0.569. The van der Waals surface area contributed by atoms with Crippen LogP contribution in [0.2, 0.25) is 0 Å². The lowest BCUT2D eigenvalue weighted by molar-refractivity contribution is -0.119. The molecule has 0 atom stereocenters. The molecule has 0 aliphatic rings. The van der Waals surface area contributed by atoms with Gasteiger partial charge >= 0.3 is 7.41 Å². The van der Waals surface area contributed by atoms with E-state index in [1.807, 2.05) is 0 Å². The third-order valence-corrected chi connectivity index (χ3v) is 2.41. The van der Waals surface area contributed by atoms with E-state index in [9.17, 15) is 14.4 Å². The van der Waals surface area contributed by atoms with Gasteiger partial charge in [0.15, 0.2) is 6.29 Å². The van der Waals surface area contributed by atoms with Crippen LogP contribution in [0.5, 0.6) is 0 Å². The monoisotopic (exact) mass is 257 g/mol. The highest BCUT2D eigenvalue weighted by Gasteiger charge is 2.17. The van der Waals surface area contributed by atoms with Crippen molar-refractivity contribution >= 4 is 25.5 Å². The molecule has 1 aromatic rings. The summed E-state index contributed by atoms with van der Waals surface area (Å²) in [6.07, 6.45) is 0.594. The fraction of sp³-hybridized carbons (Fsp3) is 0.167. The van der Waals surface area contributed by atoms with Crippen LogP contribution < -0.4 is 5.23 Å². The second-order valence-corrected chi connectivity index (χ2v) is 3.80. The molecular formula is C12H12BN3O3. The molecule has 0 aliphatic carbocycles. The Balaban J connectivity index is 2.74. The van der Waals surface area contributed by atoms with Crippen LogP contribution >= 0.6 is 0 Å². The number of carbonyl (C=O) groups is 3. The van der Waals surface area contributed by atoms with E-state index < -0.39 is 11.8 Å². The Hall–Kier alpha value is -2.62. The molecule has 0 radical (unpaired) electrons. The Morgan fingerprint density at radius 1 is 1.47 bits per heavy atom. The van der Waals surface area contributed by atoms with E-state index in [0.717, 1.165) is 0 Å². The number of nitrogens with one attached hydrogen (secondary N) is 1. The number of likely N-dealkylation sites (N-methyl/N-ethyl adjacent to an activating group) is 1. The largest absolute Gasteiger partial charge is 0.387 e. The molecule has 1 rings (SSSR count). The van der Waals surface area contributed by atoms with Gasteiger partial charge in [0.25, 0.3) is 5.91 Å². The fourth-order valence-corrected chi connectivity index (χ4v) is 1.48. The summed E-state index contributed by atoms with van der Waals surface area (Å²) in [5.74, 6) is 0.918. The normalized spacial score (nSPS) is 9.05. The van der Waals surface area contributed by atoms with Crippen LogP contribution in [0.4, 0.5) is 0 Å². The van der Waals surface area contributed by atoms with E-state index in [-0.39, 0.29) is 25.1 Å². The van der Waals surface area contributed by atoms with E-state index in [1.165, 1.54) is 24.1 Å². The molecule has 0 heterocycles. The fourth-order valence-electron chi connectivity index (χ4n) is 1.48. The minimum Gasteiger partial charge on any atom is -0.387 e. The molecule has 1 aromatic carbocycles. The molecule has 0 fully saturated rings. The van der Waals surface area contributed by atoms with Gasteiger partial charge in [0.05, 0.1) is 12.1 Å². The first-order chi connectivity index (χ1) is 9.10. The number of nitriles is 1. The number of amides is 2. The molecule has 19 heavy (non-hydrogen) atoms. The Bertz CT molecular complexity index is 539. The molecular weight excluding hydrogens is 245 g/mol. The molecule has 0 saturated carbocycles. The van der Waals surface area contributed by atoms with Crippen molar-refractivity contribution in [3.8, 4) is 5.97 Å². The summed E-state index contributed by atoms with van der Waals surface area (Å²) in [7, 11) is 1.35. The van der Waals surface area contributed by atoms with Crippen LogP contribution in [0.1, 0.15) is 20.7 Å². The zero-order valence-corrected chi connectivity index (χ0v) is 10.4. The molecule has 0 bridgehead atoms. The number of nitrogens with zero attached hydrogens (tertiary/aromatic N) is 2. The van der Waals surface area contributed by atoms with Gasteiger partial charge in [-0.05, 0) is 6.07 Å². The predicted octanol–water partition coefficient (Wildman–Crippen LogP) is -0.480. The van der Waals surface area contributed by atoms with Gasteiger partial charge < -0.3 is 10.1 Å². The second-order valence-electron chi connectivity index (χ2n) is 3.80. The average Bonchev–Trinajstić information content (AvgIpc) is 2.44. The lowest BCUT2D eigenvalue weighted by atomic mass is 9.99. The second kappa shape index (κ2) is 6.96. The molecule has 6 nitrogen and oxygen atoms in total. The van der Waals surface area contributed by atoms with Crippen molar-refractivity contribution in [1.82, 2.24) is 10.1 Å². The summed E-state index contributed by atoms with van der Waals surface area (Å²) in [5.41, 5.74) is 0.518. The standard InChI is InChI=1S/C12H12BN3O3/c1-16(6-11(18)15-13-8-14)12(19)10-5-3-2-4-9(10)7-17/h2-5,7,13H,6H2,1H3,(H,15,18). The van der Waals surface area contributed by atoms with Gasteiger partial charge in [-0.15, -0.1) is 0 Å². The van der Waals surface area contributed by atoms with Gasteiger partial charge in [-0.3, -0.25) is 14.4 Å². The van der Waals surface area contributed by atoms with Gasteiger partial charge in [-0.2, -0.15) is 0 Å². The van der Waals surface area contributed by atoms with Crippen LogP contribution in [-0.4, -0.2) is 44.0 Å². The smallest absolute Gasteiger partial charge is 0.360 e. The minimum atomic E-state index is -0.430. The summed E-state index contributed by atoms with van der Waals surface area (Å²) in [4.78, 5) is 35.5. The topological polar surface area (TPSA) is 90.3 Å². The number of hydrogen-bond donors (Lipinski definition) is 1. The summed E-state index contributed by atoms with van der Waals surface area (Å²) in [6.45, 7) is -0.173. The van der Waals surface area contributed by atoms with E-state index in [0.29, 0.717) is 6.29 Å². The maximum atomic E-state index is 12.1. The highest BCUT2D eigenvalue weighted by atomic mass is 16.2. The van der Waals surface area contributed by atoms with Crippen LogP contribution in [0.25, 0.3) is 0 Å². The summed E-state index contributed by atoms with van der Waals surface area (Å²) < 4.78 is 0. The number of aldehydes is 1. The van der Waals surface area contributed by atoms with Gasteiger partial charge in [0, 0.05) is 18.6 Å². The van der Waals surface area contributed by atoms with Gasteiger partial charge in [0.1, 0.15) is 0 Å². The summed E-state index contributed by atoms with van der Waals surface area (Å²) >= 11 is 0. The Kier molecular flexibility index (Phi) is 5.29. The molecule has 96 valence electrons. The third kappa shape index (κ3) is 3.96. The van der Waals surface area contributed by atoms with Gasteiger partial charge in [0.2, 0.25) is 5.91 Å². The molecule has 2 amide bonds. The highest BCUT2D eigenvalue weighted by Crippen LogP contribution is 2.08. The van der Waals surface area contributed by atoms with Crippen molar-refractivity contribution in [2.75, 3.05) is 13.6 Å². The lowest BCUT2D eigenvalue weighted by Gasteiger charge is -2.17. The number of carbonyl (C=O) groups excluding carboxylic acids is 3. The van der Waals surface area contributed by atoms with Crippen molar-refractivity contribution < 1.29 is 14.4 Å². The van der Waals surface area contributed by atoms with E-state index in [1.54, 1.807) is 18.1 Å². The zero-order valence-electron chi connectivity index (χ0n) is 10.4. The molecule has 0 aliphatic heterocycles. The van der Waals surface area contributed by atoms with Crippen molar-refractivity contribution in [3.05, 3.63) is 35.4 Å². The van der Waals surface area contributed by atoms with Crippen LogP contribution in [0.15, 0.2) is 24.3 Å². The Labute approximate surface area is 111 Å². The van der Waals surface area contributed by atoms with E-state index in [4.69, 9.17) is 5.26 Å². The van der Waals surface area contributed by atoms with Crippen LogP contribution in [-0.2, 0) is 4.79 Å². The number of hydrogen-bond acceptors (Lipinski definition) is 4. The van der Waals surface area contributed by atoms with E-state index >= 15 is 0 Å². The minimum absolute atomic E-state index is 0.105. The third-order valence-electron chi connectivity index (χ3n) is 2.41. The maximum Gasteiger partial charge on any atom is 0.360 e. The van der Waals surface area contributed by atoms with E-state index in [2.05, 4.69) is 5.23 Å². The first-order valence-electron chi connectivity index (χ1n) is 5.53. The van der Waals surface area contributed by atoms with Crippen molar-refractivity contribution in [2.45, 2.75) is 0 Å². The van der Waals surface area contributed by atoms with Crippen LogP contribution in [0.3, 0.4) is 0 Å². The molecule has 7 heteroatoms. The van der Waals surface area contributed by atoms with Crippen LogP contribution in [0, 0.1) is 11.2 Å². The number of benzene rings is 1. The molecule has 0 spiro atoms. The zero-order chi connectivity index (χ0) is 14.3. The van der Waals surface area contributed by atoms with Crippen molar-refractivity contribution in [3.63, 3.8) is 0 Å². The van der Waals surface area contributed by atoms with Crippen molar-refractivity contribution in [1.29, 1.82) is 5.26 Å². The van der Waals surface area contributed by atoms with Gasteiger partial charge in [-0.25, -0.2) is 5.26 Å². The van der Waals surface area contributed by atoms with Gasteiger partial charge in [-0.1, -0.05) is 18.2 Å². The maximum absolute atomic E-state index is 12.1. The number of rotatable bonds is 5. The van der Waals surface area contributed by atoms with Crippen molar-refractivity contribution in [2.24, 2.45) is 0 Å².